The highest BCUT2D eigenvalue weighted by Gasteiger charge is 2.12. The Kier molecular flexibility index (Phi) is 6.56. The van der Waals surface area contributed by atoms with E-state index in [4.69, 9.17) is 18.0 Å². The summed E-state index contributed by atoms with van der Waals surface area (Å²) in [6, 6.07) is 5.03. The van der Waals surface area contributed by atoms with Crippen molar-refractivity contribution in [3.8, 4) is 0 Å². The second kappa shape index (κ2) is 7.70. The number of benzene rings is 1. The number of rotatable bonds is 7. The second-order valence-corrected chi connectivity index (χ2v) is 6.60. The van der Waals surface area contributed by atoms with Crippen LogP contribution in [0.15, 0.2) is 18.2 Å². The number of hydrogen-bond donors (Lipinski definition) is 1. The number of nitrogens with two attached hydrogens (primary N) is 1. The monoisotopic (exact) mass is 296 g/mol. The molecule has 0 aromatic heterocycles. The van der Waals surface area contributed by atoms with E-state index in [1.165, 1.54) is 6.07 Å². The molecule has 2 N–H and O–H groups in total. The van der Waals surface area contributed by atoms with E-state index in [-0.39, 0.29) is 10.8 Å². The molecule has 0 aliphatic heterocycles. The van der Waals surface area contributed by atoms with E-state index in [0.29, 0.717) is 17.4 Å². The van der Waals surface area contributed by atoms with Crippen molar-refractivity contribution >= 4 is 17.2 Å². The van der Waals surface area contributed by atoms with Crippen molar-refractivity contribution in [1.29, 1.82) is 0 Å². The fourth-order valence-corrected chi connectivity index (χ4v) is 2.51. The van der Waals surface area contributed by atoms with Gasteiger partial charge in [-0.25, -0.2) is 4.39 Å². The molecule has 0 aliphatic carbocycles. The molecule has 1 aromatic rings. The minimum atomic E-state index is -0.347. The maximum atomic E-state index is 13.6. The summed E-state index contributed by atoms with van der Waals surface area (Å²) in [5, 5.41) is 0. The first-order valence-corrected chi connectivity index (χ1v) is 7.51. The SMILES string of the molecule is CC(C)CN(Cc1ccc(F)c(C(N)=S)c1)CC(C)C. The van der Waals surface area contributed by atoms with Crippen molar-refractivity contribution < 1.29 is 4.39 Å². The second-order valence-electron chi connectivity index (χ2n) is 6.16. The molecule has 0 radical (unpaired) electrons. The van der Waals surface area contributed by atoms with E-state index < -0.39 is 0 Å². The smallest absolute Gasteiger partial charge is 0.133 e. The van der Waals surface area contributed by atoms with Crippen molar-refractivity contribution in [2.75, 3.05) is 13.1 Å². The Hall–Kier alpha value is -1.00. The van der Waals surface area contributed by atoms with Crippen molar-refractivity contribution in [2.45, 2.75) is 34.2 Å². The standard InChI is InChI=1S/C16H25FN2S/c1-11(2)8-19(9-12(3)4)10-13-5-6-15(17)14(7-13)16(18)20/h5-7,11-12H,8-10H2,1-4H3,(H2,18,20). The zero-order valence-corrected chi connectivity index (χ0v) is 13.6. The van der Waals surface area contributed by atoms with Gasteiger partial charge in [-0.3, -0.25) is 4.90 Å². The third-order valence-corrected chi connectivity index (χ3v) is 3.17. The van der Waals surface area contributed by atoms with Crippen LogP contribution in [0.4, 0.5) is 4.39 Å². The first-order valence-electron chi connectivity index (χ1n) is 7.10. The summed E-state index contributed by atoms with van der Waals surface area (Å²) in [6.45, 7) is 11.7. The normalized spacial score (nSPS) is 11.6. The van der Waals surface area contributed by atoms with Gasteiger partial charge in [0, 0.05) is 25.2 Å². The molecule has 0 fully saturated rings. The molecular weight excluding hydrogens is 271 g/mol. The van der Waals surface area contributed by atoms with Crippen molar-refractivity contribution in [1.82, 2.24) is 4.90 Å². The number of nitrogens with zero attached hydrogens (tertiary/aromatic N) is 1. The van der Waals surface area contributed by atoms with Crippen LogP contribution in [0.5, 0.6) is 0 Å². The summed E-state index contributed by atoms with van der Waals surface area (Å²) in [4.78, 5) is 2.51. The fourth-order valence-electron chi connectivity index (χ4n) is 2.35. The topological polar surface area (TPSA) is 29.3 Å². The Labute approximate surface area is 127 Å². The molecule has 0 atom stereocenters. The van der Waals surface area contributed by atoms with Gasteiger partial charge >= 0.3 is 0 Å². The first-order chi connectivity index (χ1) is 9.29. The lowest BCUT2D eigenvalue weighted by atomic mass is 10.1. The van der Waals surface area contributed by atoms with E-state index >= 15 is 0 Å². The van der Waals surface area contributed by atoms with Crippen LogP contribution < -0.4 is 5.73 Å². The van der Waals surface area contributed by atoms with Gasteiger partial charge in [0.2, 0.25) is 0 Å². The molecule has 1 rings (SSSR count). The van der Waals surface area contributed by atoms with E-state index in [1.807, 2.05) is 6.07 Å². The average Bonchev–Trinajstić information content (AvgIpc) is 2.29. The van der Waals surface area contributed by atoms with Crippen LogP contribution in [-0.4, -0.2) is 23.0 Å². The summed E-state index contributed by atoms with van der Waals surface area (Å²) >= 11 is 4.89. The van der Waals surface area contributed by atoms with Crippen molar-refractivity contribution in [2.24, 2.45) is 17.6 Å². The average molecular weight is 296 g/mol. The highest BCUT2D eigenvalue weighted by Crippen LogP contribution is 2.14. The predicted molar refractivity (Wildman–Crippen MR) is 87.2 cm³/mol. The Morgan fingerprint density at radius 1 is 1.20 bits per heavy atom. The molecule has 4 heteroatoms. The van der Waals surface area contributed by atoms with Crippen LogP contribution in [0, 0.1) is 17.7 Å². The van der Waals surface area contributed by atoms with Crippen LogP contribution in [0.25, 0.3) is 0 Å². The maximum Gasteiger partial charge on any atom is 0.133 e. The van der Waals surface area contributed by atoms with Gasteiger partial charge in [0.05, 0.1) is 0 Å². The molecule has 112 valence electrons. The Morgan fingerprint density at radius 2 is 1.75 bits per heavy atom. The molecule has 0 amide bonds. The van der Waals surface area contributed by atoms with E-state index in [9.17, 15) is 4.39 Å². The summed E-state index contributed by atoms with van der Waals surface area (Å²) < 4.78 is 13.6. The molecular formula is C16H25FN2S. The van der Waals surface area contributed by atoms with Crippen LogP contribution in [-0.2, 0) is 6.54 Å². The van der Waals surface area contributed by atoms with Crippen LogP contribution in [0.3, 0.4) is 0 Å². The van der Waals surface area contributed by atoms with Gasteiger partial charge in [-0.15, -0.1) is 0 Å². The minimum Gasteiger partial charge on any atom is -0.389 e. The lowest BCUT2D eigenvalue weighted by molar-refractivity contribution is 0.211. The maximum absolute atomic E-state index is 13.6. The molecule has 0 saturated heterocycles. The molecule has 0 spiro atoms. The quantitative estimate of drug-likeness (QED) is 0.780. The summed E-state index contributed by atoms with van der Waals surface area (Å²) in [5.41, 5.74) is 6.94. The molecule has 1 aromatic carbocycles. The zero-order chi connectivity index (χ0) is 15.3. The number of halogens is 1. The number of hydrogen-bond acceptors (Lipinski definition) is 2. The Balaban J connectivity index is 2.87. The van der Waals surface area contributed by atoms with Crippen molar-refractivity contribution in [3.63, 3.8) is 0 Å². The molecule has 0 saturated carbocycles. The number of thiocarbonyl (C=S) groups is 1. The van der Waals surface area contributed by atoms with E-state index in [0.717, 1.165) is 25.2 Å². The van der Waals surface area contributed by atoms with Gasteiger partial charge in [0.1, 0.15) is 10.8 Å². The van der Waals surface area contributed by atoms with Gasteiger partial charge in [-0.2, -0.15) is 0 Å². The first kappa shape index (κ1) is 17.1. The lowest BCUT2D eigenvalue weighted by Gasteiger charge is -2.26. The Bertz CT molecular complexity index is 448. The molecule has 2 nitrogen and oxygen atoms in total. The van der Waals surface area contributed by atoms with Crippen LogP contribution >= 0.6 is 12.2 Å². The van der Waals surface area contributed by atoms with Gasteiger partial charge in [-0.05, 0) is 29.5 Å². The van der Waals surface area contributed by atoms with Gasteiger partial charge in [-0.1, -0.05) is 46.0 Å². The minimum absolute atomic E-state index is 0.114. The summed E-state index contributed by atoms with van der Waals surface area (Å²) in [5.74, 6) is 0.856. The molecule has 20 heavy (non-hydrogen) atoms. The molecule has 0 bridgehead atoms. The summed E-state index contributed by atoms with van der Waals surface area (Å²) in [6.07, 6.45) is 0. The Morgan fingerprint density at radius 3 is 2.20 bits per heavy atom. The van der Waals surface area contributed by atoms with Gasteiger partial charge < -0.3 is 5.73 Å². The fraction of sp³-hybridized carbons (Fsp3) is 0.562. The van der Waals surface area contributed by atoms with Crippen LogP contribution in [0.1, 0.15) is 38.8 Å². The molecule has 0 heterocycles. The van der Waals surface area contributed by atoms with E-state index in [1.54, 1.807) is 6.07 Å². The highest BCUT2D eigenvalue weighted by molar-refractivity contribution is 7.80. The zero-order valence-electron chi connectivity index (χ0n) is 12.8. The molecule has 0 aliphatic rings. The third-order valence-electron chi connectivity index (χ3n) is 2.95. The molecule has 0 unspecified atom stereocenters. The lowest BCUT2D eigenvalue weighted by Crippen LogP contribution is -2.31. The van der Waals surface area contributed by atoms with Gasteiger partial charge in [0.15, 0.2) is 0 Å². The van der Waals surface area contributed by atoms with Gasteiger partial charge in [0.25, 0.3) is 0 Å². The highest BCUT2D eigenvalue weighted by atomic mass is 32.1. The van der Waals surface area contributed by atoms with E-state index in [2.05, 4.69) is 32.6 Å². The summed E-state index contributed by atoms with van der Waals surface area (Å²) in [7, 11) is 0. The largest absolute Gasteiger partial charge is 0.389 e. The van der Waals surface area contributed by atoms with Crippen molar-refractivity contribution in [3.05, 3.63) is 35.1 Å². The predicted octanol–water partition coefficient (Wildman–Crippen LogP) is 3.57. The third kappa shape index (κ3) is 5.55. The van der Waals surface area contributed by atoms with Crippen LogP contribution in [0.2, 0.25) is 0 Å².